The minimum Gasteiger partial charge on any atom is -0.493 e. The van der Waals surface area contributed by atoms with E-state index in [4.69, 9.17) is 14.3 Å². The van der Waals surface area contributed by atoms with Gasteiger partial charge in [0.1, 0.15) is 0 Å². The zero-order chi connectivity index (χ0) is 25.8. The monoisotopic (exact) mass is 492 g/mol. The van der Waals surface area contributed by atoms with Crippen molar-refractivity contribution >= 4 is 11.6 Å². The second-order valence-electron chi connectivity index (χ2n) is 9.75. The summed E-state index contributed by atoms with van der Waals surface area (Å²) in [5.74, 6) is 0.994. The number of methoxy groups -OCH3 is 2. The number of alkyl halides is 3. The summed E-state index contributed by atoms with van der Waals surface area (Å²) in [6.07, 6.45) is -4.18. The van der Waals surface area contributed by atoms with Gasteiger partial charge in [-0.05, 0) is 41.3 Å². The van der Waals surface area contributed by atoms with E-state index in [2.05, 4.69) is 5.16 Å². The van der Waals surface area contributed by atoms with E-state index in [1.807, 2.05) is 26.8 Å². The average molecular weight is 493 g/mol. The molecule has 0 radical (unpaired) electrons. The molecule has 0 unspecified atom stereocenters. The summed E-state index contributed by atoms with van der Waals surface area (Å²) < 4.78 is 50.2. The maximum Gasteiger partial charge on any atom is 0.416 e. The molecule has 0 N–H and O–H groups in total. The van der Waals surface area contributed by atoms with E-state index in [-0.39, 0.29) is 30.8 Å². The maximum atomic E-state index is 13.2. The SMILES string of the molecule is COc1ccc(C2=NO[C@@H](CN(Cc3cccc(C(F)(F)F)c3)C(=O)CC(C)(C)C)C2)cc1OC. The highest BCUT2D eigenvalue weighted by Gasteiger charge is 2.32. The number of halogens is 3. The molecule has 2 aromatic carbocycles. The highest BCUT2D eigenvalue weighted by Crippen LogP contribution is 2.31. The minimum atomic E-state index is -4.45. The van der Waals surface area contributed by atoms with Crippen LogP contribution in [0.4, 0.5) is 13.2 Å². The summed E-state index contributed by atoms with van der Waals surface area (Å²) in [6.45, 7) is 6.07. The lowest BCUT2D eigenvalue weighted by molar-refractivity contribution is -0.137. The van der Waals surface area contributed by atoms with Crippen molar-refractivity contribution in [1.82, 2.24) is 4.90 Å². The second-order valence-corrected chi connectivity index (χ2v) is 9.75. The molecule has 2 aromatic rings. The van der Waals surface area contributed by atoms with Crippen molar-refractivity contribution in [3.63, 3.8) is 0 Å². The third-order valence-electron chi connectivity index (χ3n) is 5.54. The summed E-state index contributed by atoms with van der Waals surface area (Å²) in [5, 5.41) is 4.19. The van der Waals surface area contributed by atoms with Crippen LogP contribution >= 0.6 is 0 Å². The molecule has 1 amide bonds. The highest BCUT2D eigenvalue weighted by molar-refractivity contribution is 6.01. The fourth-order valence-corrected chi connectivity index (χ4v) is 3.84. The van der Waals surface area contributed by atoms with Gasteiger partial charge in [-0.3, -0.25) is 4.79 Å². The average Bonchev–Trinajstić information content (AvgIpc) is 3.25. The standard InChI is InChI=1S/C26H31F3N2O4/c1-25(2,3)14-24(32)31(15-17-7-6-8-19(11-17)26(27,28)29)16-20-13-21(30-35-20)18-9-10-22(33-4)23(12-18)34-5/h6-12,20H,13-16H2,1-5H3/t20-/m1/s1. The molecule has 9 heteroatoms. The fraction of sp³-hybridized carbons (Fsp3) is 0.462. The van der Waals surface area contributed by atoms with Crippen LogP contribution in [0.1, 0.15) is 50.3 Å². The van der Waals surface area contributed by atoms with Crippen molar-refractivity contribution in [3.05, 3.63) is 59.2 Å². The topological polar surface area (TPSA) is 60.4 Å². The third-order valence-corrected chi connectivity index (χ3v) is 5.54. The molecule has 0 aliphatic carbocycles. The summed E-state index contributed by atoms with van der Waals surface area (Å²) >= 11 is 0. The number of benzene rings is 2. The van der Waals surface area contributed by atoms with Gasteiger partial charge in [-0.25, -0.2) is 0 Å². The van der Waals surface area contributed by atoms with Crippen molar-refractivity contribution in [3.8, 4) is 11.5 Å². The van der Waals surface area contributed by atoms with E-state index in [9.17, 15) is 18.0 Å². The predicted octanol–water partition coefficient (Wildman–Crippen LogP) is 5.68. The van der Waals surface area contributed by atoms with Crippen LogP contribution in [0.5, 0.6) is 11.5 Å². The molecule has 0 saturated heterocycles. The van der Waals surface area contributed by atoms with Gasteiger partial charge in [0.25, 0.3) is 0 Å². The molecule has 0 fully saturated rings. The quantitative estimate of drug-likeness (QED) is 0.476. The number of nitrogens with zero attached hydrogens (tertiary/aromatic N) is 2. The van der Waals surface area contributed by atoms with Gasteiger partial charge in [0.05, 0.1) is 32.0 Å². The molecule has 1 atom stereocenters. The number of hydrogen-bond donors (Lipinski definition) is 0. The van der Waals surface area contributed by atoms with Gasteiger partial charge < -0.3 is 19.2 Å². The van der Waals surface area contributed by atoms with Crippen LogP contribution in [0.2, 0.25) is 0 Å². The van der Waals surface area contributed by atoms with Crippen molar-refractivity contribution in [2.45, 2.75) is 52.4 Å². The first-order chi connectivity index (χ1) is 16.4. The van der Waals surface area contributed by atoms with Crippen LogP contribution in [-0.4, -0.2) is 43.4 Å². The molecule has 3 rings (SSSR count). The normalized spacial score (nSPS) is 15.9. The number of ether oxygens (including phenoxy) is 2. The van der Waals surface area contributed by atoms with Crippen LogP contribution in [0.25, 0.3) is 0 Å². The molecule has 6 nitrogen and oxygen atoms in total. The summed E-state index contributed by atoms with van der Waals surface area (Å²) in [4.78, 5) is 20.3. The van der Waals surface area contributed by atoms with E-state index in [1.54, 1.807) is 37.3 Å². The molecule has 0 spiro atoms. The molecular formula is C26H31F3N2O4. The Labute approximate surface area is 203 Å². The van der Waals surface area contributed by atoms with Crippen molar-refractivity contribution < 1.29 is 32.3 Å². The minimum absolute atomic E-state index is 0.0460. The Balaban J connectivity index is 1.76. The number of amides is 1. The molecule has 0 saturated carbocycles. The molecule has 35 heavy (non-hydrogen) atoms. The van der Waals surface area contributed by atoms with Gasteiger partial charge in [0.15, 0.2) is 17.6 Å². The number of carbonyl (C=O) groups is 1. The van der Waals surface area contributed by atoms with Gasteiger partial charge >= 0.3 is 6.18 Å². The Morgan fingerprint density at radius 1 is 1.09 bits per heavy atom. The zero-order valence-electron chi connectivity index (χ0n) is 20.6. The Bertz CT molecular complexity index is 1080. The lowest BCUT2D eigenvalue weighted by atomic mass is 9.91. The zero-order valence-corrected chi connectivity index (χ0v) is 20.6. The highest BCUT2D eigenvalue weighted by atomic mass is 19.4. The van der Waals surface area contributed by atoms with Crippen LogP contribution < -0.4 is 9.47 Å². The maximum absolute atomic E-state index is 13.2. The van der Waals surface area contributed by atoms with Crippen molar-refractivity contribution in [1.29, 1.82) is 0 Å². The lowest BCUT2D eigenvalue weighted by Gasteiger charge is -2.28. The molecular weight excluding hydrogens is 461 g/mol. The summed E-state index contributed by atoms with van der Waals surface area (Å²) in [5.41, 5.74) is 0.880. The first kappa shape index (κ1) is 26.4. The number of carbonyl (C=O) groups excluding carboxylic acids is 1. The summed E-state index contributed by atoms with van der Waals surface area (Å²) in [6, 6.07) is 10.5. The van der Waals surface area contributed by atoms with E-state index < -0.39 is 17.8 Å². The Morgan fingerprint density at radius 3 is 2.43 bits per heavy atom. The van der Waals surface area contributed by atoms with Crippen LogP contribution in [0.3, 0.4) is 0 Å². The molecule has 1 aliphatic rings. The van der Waals surface area contributed by atoms with Crippen molar-refractivity contribution in [2.75, 3.05) is 20.8 Å². The van der Waals surface area contributed by atoms with Crippen molar-refractivity contribution in [2.24, 2.45) is 10.6 Å². The van der Waals surface area contributed by atoms with Crippen LogP contribution in [0, 0.1) is 5.41 Å². The van der Waals surface area contributed by atoms with Gasteiger partial charge in [-0.2, -0.15) is 13.2 Å². The van der Waals surface area contributed by atoms with Gasteiger partial charge in [0.2, 0.25) is 5.91 Å². The van der Waals surface area contributed by atoms with Gasteiger partial charge in [-0.1, -0.05) is 38.1 Å². The molecule has 1 heterocycles. The Kier molecular flexibility index (Phi) is 7.97. The molecule has 0 aromatic heterocycles. The lowest BCUT2D eigenvalue weighted by Crippen LogP contribution is -2.38. The Morgan fingerprint density at radius 2 is 1.80 bits per heavy atom. The van der Waals surface area contributed by atoms with E-state index in [0.717, 1.165) is 17.7 Å². The van der Waals surface area contributed by atoms with E-state index in [0.29, 0.717) is 29.2 Å². The smallest absolute Gasteiger partial charge is 0.416 e. The first-order valence-corrected chi connectivity index (χ1v) is 11.3. The molecule has 0 bridgehead atoms. The fourth-order valence-electron chi connectivity index (χ4n) is 3.84. The molecule has 1 aliphatic heterocycles. The number of oxime groups is 1. The number of rotatable bonds is 8. The molecule has 190 valence electrons. The third kappa shape index (κ3) is 7.13. The first-order valence-electron chi connectivity index (χ1n) is 11.3. The van der Waals surface area contributed by atoms with Gasteiger partial charge in [0, 0.05) is 24.9 Å². The Hall–Kier alpha value is -3.23. The summed E-state index contributed by atoms with van der Waals surface area (Å²) in [7, 11) is 3.10. The number of hydrogen-bond acceptors (Lipinski definition) is 5. The van der Waals surface area contributed by atoms with Gasteiger partial charge in [-0.15, -0.1) is 0 Å². The second kappa shape index (κ2) is 10.6. The van der Waals surface area contributed by atoms with Crippen LogP contribution in [0.15, 0.2) is 47.6 Å². The largest absolute Gasteiger partial charge is 0.493 e. The van der Waals surface area contributed by atoms with E-state index >= 15 is 0 Å². The predicted molar refractivity (Wildman–Crippen MR) is 127 cm³/mol. The van der Waals surface area contributed by atoms with E-state index in [1.165, 1.54) is 6.07 Å². The van der Waals surface area contributed by atoms with Crippen LogP contribution in [-0.2, 0) is 22.4 Å².